The average Bonchev–Trinajstić information content (AvgIpc) is 2.77. The smallest absolute Gasteiger partial charge is 0.330 e. The normalized spacial score (nSPS) is 24.9. The van der Waals surface area contributed by atoms with Gasteiger partial charge in [-0.25, -0.2) is 4.79 Å². The zero-order valence-electron chi connectivity index (χ0n) is 13.3. The molecule has 1 aromatic rings. The van der Waals surface area contributed by atoms with Crippen molar-refractivity contribution in [1.29, 1.82) is 0 Å². The van der Waals surface area contributed by atoms with Crippen LogP contribution in [0, 0.1) is 11.5 Å². The SMILES string of the molecule is CC[C@H]1O[C@@H](n2cc(C#C[Si](C)(C)C)c(=O)[nH]c2=O)C[C@H]1O. The summed E-state index contributed by atoms with van der Waals surface area (Å²) in [6.07, 6.45) is 0.954. The predicted octanol–water partition coefficient (Wildman–Crippen LogP) is 0.824. The Morgan fingerprint density at radius 2 is 2.14 bits per heavy atom. The van der Waals surface area contributed by atoms with Crippen molar-refractivity contribution in [2.24, 2.45) is 0 Å². The molecule has 1 aliphatic rings. The lowest BCUT2D eigenvalue weighted by Crippen LogP contribution is -2.33. The predicted molar refractivity (Wildman–Crippen MR) is 86.4 cm³/mol. The molecule has 0 aromatic carbocycles. The van der Waals surface area contributed by atoms with Crippen molar-refractivity contribution in [2.45, 2.75) is 57.8 Å². The molecule has 2 rings (SSSR count). The monoisotopic (exact) mass is 322 g/mol. The third-order valence-electron chi connectivity index (χ3n) is 3.46. The highest BCUT2D eigenvalue weighted by molar-refractivity contribution is 6.83. The molecule has 3 atom stereocenters. The number of nitrogens with one attached hydrogen (secondary N) is 1. The maximum absolute atomic E-state index is 12.0. The minimum Gasteiger partial charge on any atom is -0.390 e. The van der Waals surface area contributed by atoms with Crippen molar-refractivity contribution in [3.05, 3.63) is 32.6 Å². The molecule has 0 saturated carbocycles. The topological polar surface area (TPSA) is 84.3 Å². The van der Waals surface area contributed by atoms with E-state index in [1.54, 1.807) is 0 Å². The Morgan fingerprint density at radius 1 is 1.45 bits per heavy atom. The summed E-state index contributed by atoms with van der Waals surface area (Å²) in [5, 5.41) is 9.91. The van der Waals surface area contributed by atoms with E-state index in [2.05, 4.69) is 36.1 Å². The number of H-pyrrole nitrogens is 1. The molecule has 1 fully saturated rings. The van der Waals surface area contributed by atoms with E-state index >= 15 is 0 Å². The van der Waals surface area contributed by atoms with Gasteiger partial charge in [0.2, 0.25) is 0 Å². The third-order valence-corrected chi connectivity index (χ3v) is 4.33. The molecular weight excluding hydrogens is 300 g/mol. The summed E-state index contributed by atoms with van der Waals surface area (Å²) >= 11 is 0. The van der Waals surface area contributed by atoms with Crippen LogP contribution in [0.1, 0.15) is 31.6 Å². The minimum atomic E-state index is -1.63. The summed E-state index contributed by atoms with van der Waals surface area (Å²) < 4.78 is 7.00. The average molecular weight is 322 g/mol. The highest BCUT2D eigenvalue weighted by Gasteiger charge is 2.34. The molecule has 0 bridgehead atoms. The van der Waals surface area contributed by atoms with Gasteiger partial charge in [-0.05, 0) is 6.42 Å². The van der Waals surface area contributed by atoms with E-state index in [0.717, 1.165) is 0 Å². The molecule has 7 heteroatoms. The summed E-state index contributed by atoms with van der Waals surface area (Å²) in [5.74, 6) is 2.87. The molecular formula is C15H22N2O4Si. The van der Waals surface area contributed by atoms with Gasteiger partial charge in [0.25, 0.3) is 5.56 Å². The van der Waals surface area contributed by atoms with Gasteiger partial charge in [-0.15, -0.1) is 5.54 Å². The van der Waals surface area contributed by atoms with Crippen LogP contribution in [0.5, 0.6) is 0 Å². The van der Waals surface area contributed by atoms with E-state index in [1.807, 2.05) is 6.92 Å². The fourth-order valence-corrected chi connectivity index (χ4v) is 2.81. The van der Waals surface area contributed by atoms with Crippen LogP contribution in [0.25, 0.3) is 0 Å². The Balaban J connectivity index is 2.39. The highest BCUT2D eigenvalue weighted by Crippen LogP contribution is 2.29. The van der Waals surface area contributed by atoms with E-state index in [-0.39, 0.29) is 11.7 Å². The van der Waals surface area contributed by atoms with Crippen LogP contribution in [0.4, 0.5) is 0 Å². The van der Waals surface area contributed by atoms with Gasteiger partial charge in [0, 0.05) is 12.6 Å². The quantitative estimate of drug-likeness (QED) is 0.624. The van der Waals surface area contributed by atoms with Crippen LogP contribution < -0.4 is 11.2 Å². The maximum atomic E-state index is 12.0. The summed E-state index contributed by atoms with van der Waals surface area (Å²) in [6, 6.07) is 0. The summed E-state index contributed by atoms with van der Waals surface area (Å²) in [6.45, 7) is 8.14. The third kappa shape index (κ3) is 3.77. The molecule has 22 heavy (non-hydrogen) atoms. The molecule has 2 heterocycles. The highest BCUT2D eigenvalue weighted by atomic mass is 28.3. The van der Waals surface area contributed by atoms with Gasteiger partial charge in [0.1, 0.15) is 19.9 Å². The fourth-order valence-electron chi connectivity index (χ4n) is 2.30. The first-order valence-electron chi connectivity index (χ1n) is 7.43. The van der Waals surface area contributed by atoms with Crippen LogP contribution in [0.3, 0.4) is 0 Å². The van der Waals surface area contributed by atoms with Crippen LogP contribution in [0.2, 0.25) is 19.6 Å². The van der Waals surface area contributed by atoms with Crippen LogP contribution in [0.15, 0.2) is 15.8 Å². The van der Waals surface area contributed by atoms with E-state index in [0.29, 0.717) is 12.8 Å². The zero-order valence-corrected chi connectivity index (χ0v) is 14.3. The molecule has 0 unspecified atom stereocenters. The number of aromatic nitrogens is 2. The molecule has 2 N–H and O–H groups in total. The van der Waals surface area contributed by atoms with Gasteiger partial charge < -0.3 is 9.84 Å². The number of nitrogens with zero attached hydrogens (tertiary/aromatic N) is 1. The Hall–Kier alpha value is -1.62. The van der Waals surface area contributed by atoms with Gasteiger partial charge in [0.05, 0.1) is 12.2 Å². The number of ether oxygens (including phenoxy) is 1. The number of aliphatic hydroxyl groups is 1. The molecule has 1 aliphatic heterocycles. The lowest BCUT2D eigenvalue weighted by Gasteiger charge is -2.14. The van der Waals surface area contributed by atoms with Crippen molar-refractivity contribution in [1.82, 2.24) is 9.55 Å². The molecule has 6 nitrogen and oxygen atoms in total. The first kappa shape index (κ1) is 16.7. The molecule has 0 spiro atoms. The van der Waals surface area contributed by atoms with Crippen molar-refractivity contribution >= 4 is 8.07 Å². The molecule has 120 valence electrons. The standard InChI is InChI=1S/C15H22N2O4Si/c1-5-12-11(18)8-13(21-12)17-9-10(6-7-22(2,3)4)14(19)16-15(17)20/h9,11-13,18H,5,8H2,1-4H3,(H,16,19,20)/t11-,12-,13-/m1/s1. The van der Waals surface area contributed by atoms with Gasteiger partial charge >= 0.3 is 5.69 Å². The van der Waals surface area contributed by atoms with Crippen molar-refractivity contribution in [2.75, 3.05) is 0 Å². The molecule has 0 amide bonds. The first-order valence-corrected chi connectivity index (χ1v) is 10.9. The van der Waals surface area contributed by atoms with Gasteiger partial charge in [-0.3, -0.25) is 14.3 Å². The Bertz CT molecular complexity index is 720. The lowest BCUT2D eigenvalue weighted by molar-refractivity contribution is -0.0218. The van der Waals surface area contributed by atoms with Crippen molar-refractivity contribution < 1.29 is 9.84 Å². The number of aromatic amines is 1. The van der Waals surface area contributed by atoms with E-state index < -0.39 is 31.7 Å². The van der Waals surface area contributed by atoms with Crippen LogP contribution in [-0.2, 0) is 4.74 Å². The molecule has 1 saturated heterocycles. The summed E-state index contributed by atoms with van der Waals surface area (Å²) in [5.41, 5.74) is 2.33. The van der Waals surface area contributed by atoms with Crippen LogP contribution >= 0.6 is 0 Å². The molecule has 0 aliphatic carbocycles. The number of rotatable bonds is 2. The van der Waals surface area contributed by atoms with Gasteiger partial charge in [-0.1, -0.05) is 32.5 Å². The van der Waals surface area contributed by atoms with E-state index in [9.17, 15) is 14.7 Å². The fraction of sp³-hybridized carbons (Fsp3) is 0.600. The van der Waals surface area contributed by atoms with Crippen molar-refractivity contribution in [3.63, 3.8) is 0 Å². The second kappa shape index (κ2) is 6.24. The summed E-state index contributed by atoms with van der Waals surface area (Å²) in [7, 11) is -1.63. The number of hydrogen-bond acceptors (Lipinski definition) is 4. The minimum absolute atomic E-state index is 0.250. The zero-order chi connectivity index (χ0) is 16.5. The second-order valence-electron chi connectivity index (χ2n) is 6.55. The Kier molecular flexibility index (Phi) is 4.75. The summed E-state index contributed by atoms with van der Waals surface area (Å²) in [4.78, 5) is 26.1. The number of hydrogen-bond donors (Lipinski definition) is 2. The second-order valence-corrected chi connectivity index (χ2v) is 11.3. The molecule has 1 aromatic heterocycles. The van der Waals surface area contributed by atoms with E-state index in [4.69, 9.17) is 4.74 Å². The van der Waals surface area contributed by atoms with Crippen LogP contribution in [-0.4, -0.2) is 34.9 Å². The Morgan fingerprint density at radius 3 is 2.68 bits per heavy atom. The van der Waals surface area contributed by atoms with Crippen molar-refractivity contribution in [3.8, 4) is 11.5 Å². The molecule has 0 radical (unpaired) electrons. The lowest BCUT2D eigenvalue weighted by atomic mass is 10.1. The Labute approximate surface area is 130 Å². The number of aliphatic hydroxyl groups excluding tert-OH is 1. The maximum Gasteiger partial charge on any atom is 0.330 e. The van der Waals surface area contributed by atoms with Gasteiger partial charge in [0.15, 0.2) is 0 Å². The van der Waals surface area contributed by atoms with E-state index in [1.165, 1.54) is 10.8 Å². The first-order chi connectivity index (χ1) is 10.2. The largest absolute Gasteiger partial charge is 0.390 e. The van der Waals surface area contributed by atoms with Gasteiger partial charge in [-0.2, -0.15) is 0 Å².